The van der Waals surface area contributed by atoms with Gasteiger partial charge in [-0.1, -0.05) is 0 Å². The minimum absolute atomic E-state index is 0.0821. The zero-order valence-corrected chi connectivity index (χ0v) is 11.3. The van der Waals surface area contributed by atoms with Crippen LogP contribution in [0.15, 0.2) is 12.7 Å². The van der Waals surface area contributed by atoms with E-state index in [1.54, 1.807) is 0 Å². The Morgan fingerprint density at radius 1 is 0.833 bits per heavy atom. The highest BCUT2D eigenvalue weighted by Crippen LogP contribution is 2.57. The molecule has 5 nitrogen and oxygen atoms in total. The van der Waals surface area contributed by atoms with E-state index in [9.17, 15) is 48.7 Å². The molecule has 0 saturated heterocycles. The number of nitrogens with one attached hydrogen (secondary N) is 1. The molecular weight excluding hydrogens is 394 g/mol. The van der Waals surface area contributed by atoms with Crippen molar-refractivity contribution >= 4 is 17.5 Å². The molecule has 1 aromatic rings. The molecule has 0 atom stereocenters. The van der Waals surface area contributed by atoms with Gasteiger partial charge in [0, 0.05) is 0 Å². The first-order chi connectivity index (χ1) is 10.5. The molecule has 24 heavy (non-hydrogen) atoms. The molecule has 1 rings (SSSR count). The third-order valence-electron chi connectivity index (χ3n) is 2.47. The summed E-state index contributed by atoms with van der Waals surface area (Å²) < 4.78 is 129. The molecule has 0 aromatic carbocycles. The smallest absolute Gasteiger partial charge is 0.266 e. The highest BCUT2D eigenvalue weighted by Gasteiger charge is 2.87. The van der Waals surface area contributed by atoms with Gasteiger partial charge in [-0.3, -0.25) is 10.2 Å². The molecule has 0 radical (unpaired) electrons. The first kappa shape index (κ1) is 20.2. The second-order valence-electron chi connectivity index (χ2n) is 4.11. The van der Waals surface area contributed by atoms with Gasteiger partial charge in [-0.25, -0.2) is 4.68 Å². The Balaban J connectivity index is 3.26. The summed E-state index contributed by atoms with van der Waals surface area (Å²) in [6, 6.07) is 0. The fourth-order valence-electron chi connectivity index (χ4n) is 1.16. The van der Waals surface area contributed by atoms with Crippen molar-refractivity contribution in [1.82, 2.24) is 14.9 Å². The Hall–Kier alpha value is -1.80. The number of hydrogen-bond donors (Lipinski definition) is 1. The van der Waals surface area contributed by atoms with Crippen LogP contribution >= 0.6 is 11.6 Å². The first-order valence-electron chi connectivity index (χ1n) is 5.24. The average Bonchev–Trinajstić information content (AvgIpc) is 2.89. The first-order valence-corrected chi connectivity index (χ1v) is 5.62. The van der Waals surface area contributed by atoms with Crippen molar-refractivity contribution in [1.29, 1.82) is 0 Å². The summed E-state index contributed by atoms with van der Waals surface area (Å²) in [5, 5.41) is -0.477. The summed E-state index contributed by atoms with van der Waals surface area (Å²) in [4.78, 5) is 11.0. The van der Waals surface area contributed by atoms with Crippen LogP contribution in [0.3, 0.4) is 0 Å². The lowest BCUT2D eigenvalue weighted by atomic mass is 9.98. The third-order valence-corrected chi connectivity index (χ3v) is 2.71. The van der Waals surface area contributed by atoms with E-state index in [0.29, 0.717) is 12.7 Å². The van der Waals surface area contributed by atoms with Crippen LogP contribution in [0.25, 0.3) is 0 Å². The van der Waals surface area contributed by atoms with Crippen molar-refractivity contribution in [2.24, 2.45) is 0 Å². The second kappa shape index (κ2) is 5.63. The van der Waals surface area contributed by atoms with E-state index in [2.05, 4.69) is 21.8 Å². The summed E-state index contributed by atoms with van der Waals surface area (Å²) >= 11 is 3.60. The highest BCUT2D eigenvalue weighted by atomic mass is 35.5. The van der Waals surface area contributed by atoms with Crippen LogP contribution in [-0.2, 0) is 4.79 Å². The molecule has 0 spiro atoms. The fourth-order valence-corrected chi connectivity index (χ4v) is 1.28. The van der Waals surface area contributed by atoms with Gasteiger partial charge >= 0.3 is 35.0 Å². The summed E-state index contributed by atoms with van der Waals surface area (Å²) in [6.45, 7) is 0. The van der Waals surface area contributed by atoms with E-state index in [-0.39, 0.29) is 4.68 Å². The molecule has 1 aromatic heterocycles. The lowest BCUT2D eigenvalue weighted by Crippen LogP contribution is -2.68. The zero-order valence-electron chi connectivity index (χ0n) is 10.6. The van der Waals surface area contributed by atoms with Gasteiger partial charge in [0.05, 0.1) is 0 Å². The monoisotopic (exact) mass is 396 g/mol. The Morgan fingerprint density at radius 3 is 1.62 bits per heavy atom. The molecule has 0 aliphatic rings. The number of amides is 1. The van der Waals surface area contributed by atoms with Crippen molar-refractivity contribution in [3.05, 3.63) is 12.7 Å². The topological polar surface area (TPSA) is 59.8 Å². The van der Waals surface area contributed by atoms with Crippen LogP contribution in [0, 0.1) is 0 Å². The van der Waals surface area contributed by atoms with Crippen LogP contribution in [0.5, 0.6) is 0 Å². The van der Waals surface area contributed by atoms with Gasteiger partial charge in [-0.2, -0.15) is 43.9 Å². The largest absolute Gasteiger partial charge is 0.394 e. The Kier molecular flexibility index (Phi) is 4.75. The molecule has 0 saturated carbocycles. The van der Waals surface area contributed by atoms with Crippen LogP contribution in [0.1, 0.15) is 0 Å². The minimum atomic E-state index is -7.40. The maximum absolute atomic E-state index is 13.3. The molecule has 1 N–H and O–H groups in total. The molecule has 0 fully saturated rings. The molecular formula is C8H3ClF10N4O. The van der Waals surface area contributed by atoms with Crippen molar-refractivity contribution in [3.8, 4) is 0 Å². The van der Waals surface area contributed by atoms with E-state index >= 15 is 0 Å². The standard InChI is InChI=1S/C8H3ClF10N4O/c9-8(18,19)7(16,17)6(14,15)5(12,13)4(10,11)3(24)22-23-1-20-21-2-23/h1-2H,(H,22,24). The molecule has 1 heterocycles. The normalized spacial score (nSPS) is 14.6. The molecule has 138 valence electrons. The van der Waals surface area contributed by atoms with Gasteiger partial charge in [0.1, 0.15) is 12.7 Å². The van der Waals surface area contributed by atoms with Crippen molar-refractivity contribution in [2.45, 2.75) is 29.1 Å². The lowest BCUT2D eigenvalue weighted by Gasteiger charge is -2.37. The number of alkyl halides is 11. The Morgan fingerprint density at radius 2 is 1.25 bits per heavy atom. The molecule has 0 unspecified atom stereocenters. The van der Waals surface area contributed by atoms with Gasteiger partial charge in [0.15, 0.2) is 0 Å². The van der Waals surface area contributed by atoms with Crippen molar-refractivity contribution in [2.75, 3.05) is 5.43 Å². The van der Waals surface area contributed by atoms with E-state index in [4.69, 9.17) is 0 Å². The van der Waals surface area contributed by atoms with E-state index in [1.807, 2.05) is 0 Å². The lowest BCUT2D eigenvalue weighted by molar-refractivity contribution is -0.381. The summed E-state index contributed by atoms with van der Waals surface area (Å²) in [5.74, 6) is -31.5. The quantitative estimate of drug-likeness (QED) is 0.594. The molecule has 0 aliphatic heterocycles. The Labute approximate surface area is 129 Å². The Bertz CT molecular complexity index is 598. The SMILES string of the molecule is O=C(Nn1cnnc1)C(F)(F)C(F)(F)C(F)(F)C(F)(F)C(F)(F)Cl. The van der Waals surface area contributed by atoms with Gasteiger partial charge in [0.2, 0.25) is 0 Å². The number of hydrogen-bond acceptors (Lipinski definition) is 3. The van der Waals surface area contributed by atoms with E-state index in [0.717, 1.165) is 5.43 Å². The van der Waals surface area contributed by atoms with Gasteiger partial charge in [-0.15, -0.1) is 10.2 Å². The number of nitrogens with zero attached hydrogens (tertiary/aromatic N) is 3. The maximum atomic E-state index is 13.3. The fraction of sp³-hybridized carbons (Fsp3) is 0.625. The van der Waals surface area contributed by atoms with Crippen LogP contribution < -0.4 is 5.43 Å². The molecule has 0 bridgehead atoms. The van der Waals surface area contributed by atoms with Gasteiger partial charge in [-0.05, 0) is 11.6 Å². The maximum Gasteiger partial charge on any atom is 0.394 e. The predicted octanol–water partition coefficient (Wildman–Crippen LogP) is 2.72. The van der Waals surface area contributed by atoms with Crippen LogP contribution in [0.2, 0.25) is 0 Å². The zero-order chi connectivity index (χ0) is 19.2. The minimum Gasteiger partial charge on any atom is -0.266 e. The molecule has 1 amide bonds. The number of carbonyl (C=O) groups is 1. The number of halogens is 11. The van der Waals surface area contributed by atoms with E-state index < -0.39 is 35.0 Å². The molecule has 0 aliphatic carbocycles. The highest BCUT2D eigenvalue weighted by molar-refractivity contribution is 6.22. The van der Waals surface area contributed by atoms with Crippen LogP contribution in [0.4, 0.5) is 43.9 Å². The molecule has 16 heteroatoms. The van der Waals surface area contributed by atoms with Crippen LogP contribution in [-0.4, -0.2) is 49.9 Å². The number of rotatable bonds is 6. The third kappa shape index (κ3) is 2.84. The number of carbonyl (C=O) groups excluding carboxylic acids is 1. The van der Waals surface area contributed by atoms with Gasteiger partial charge in [0.25, 0.3) is 0 Å². The van der Waals surface area contributed by atoms with Crippen molar-refractivity contribution < 1.29 is 48.7 Å². The average molecular weight is 397 g/mol. The summed E-state index contributed by atoms with van der Waals surface area (Å²) in [5.41, 5.74) is 0.855. The van der Waals surface area contributed by atoms with Gasteiger partial charge < -0.3 is 0 Å². The number of aromatic nitrogens is 3. The summed E-state index contributed by atoms with van der Waals surface area (Å²) in [7, 11) is 0. The van der Waals surface area contributed by atoms with Crippen molar-refractivity contribution in [3.63, 3.8) is 0 Å². The summed E-state index contributed by atoms with van der Waals surface area (Å²) in [6.07, 6.45) is 0.873. The van der Waals surface area contributed by atoms with E-state index in [1.165, 1.54) is 0 Å². The second-order valence-corrected chi connectivity index (χ2v) is 4.58. The predicted molar refractivity (Wildman–Crippen MR) is 55.0 cm³/mol.